The first-order valence-corrected chi connectivity index (χ1v) is 5.27. The van der Waals surface area contributed by atoms with Gasteiger partial charge in [-0.05, 0) is 11.9 Å². The number of hydrogen-bond donors (Lipinski definition) is 1. The fourth-order valence-corrected chi connectivity index (χ4v) is 3.66. The van der Waals surface area contributed by atoms with Gasteiger partial charge in [-0.3, -0.25) is 4.79 Å². The van der Waals surface area contributed by atoms with Crippen LogP contribution in [-0.2, 0) is 4.79 Å². The fraction of sp³-hybridized carbons (Fsp3) is 0.500. The zero-order chi connectivity index (χ0) is 7.47. The number of β-lactam (4-membered cyclic amide) rings is 1. The van der Waals surface area contributed by atoms with Crippen LogP contribution in [0.3, 0.4) is 0 Å². The minimum atomic E-state index is -0.213. The van der Waals surface area contributed by atoms with Gasteiger partial charge in [0.05, 0.1) is 0 Å². The summed E-state index contributed by atoms with van der Waals surface area (Å²) in [4.78, 5) is 13.0. The average molecular weight is 186 g/mol. The van der Waals surface area contributed by atoms with Gasteiger partial charge in [0, 0.05) is 12.0 Å². The average Bonchev–Trinajstić information content (AvgIpc) is 2.85. The van der Waals surface area contributed by atoms with E-state index in [4.69, 9.17) is 0 Å². The highest BCUT2D eigenvalue weighted by Gasteiger charge is 2.70. The summed E-state index contributed by atoms with van der Waals surface area (Å²) in [6.45, 7) is 0. The van der Waals surface area contributed by atoms with Crippen LogP contribution in [0.5, 0.6) is 0 Å². The summed E-state index contributed by atoms with van der Waals surface area (Å²) >= 11 is 3.38. The molecule has 1 spiro atoms. The summed E-state index contributed by atoms with van der Waals surface area (Å²) in [5.41, 5.74) is 0. The van der Waals surface area contributed by atoms with Gasteiger partial charge in [0.25, 0.3) is 5.91 Å². The number of fused-ring (bicyclic) bond motifs is 2. The van der Waals surface area contributed by atoms with Crippen molar-refractivity contribution in [2.75, 3.05) is 5.75 Å². The number of rotatable bonds is 0. The molecule has 1 N–H and O–H groups in total. The second-order valence-corrected chi connectivity index (χ2v) is 4.89. The van der Waals surface area contributed by atoms with E-state index in [-0.39, 0.29) is 10.8 Å². The molecule has 11 heavy (non-hydrogen) atoms. The zero-order valence-corrected chi connectivity index (χ0v) is 7.24. The van der Waals surface area contributed by atoms with Crippen molar-refractivity contribution in [1.29, 1.82) is 0 Å². The molecule has 2 saturated heterocycles. The smallest absolute Gasteiger partial charge is 0.263 e. The summed E-state index contributed by atoms with van der Waals surface area (Å²) in [6, 6.07) is 0. The van der Waals surface area contributed by atoms with E-state index in [0.29, 0.717) is 5.37 Å². The Kier molecular flexibility index (Phi) is 1.04. The summed E-state index contributed by atoms with van der Waals surface area (Å²) in [5, 5.41) is 0.352. The molecule has 0 saturated carbocycles. The molecule has 2 fully saturated rings. The van der Waals surface area contributed by atoms with Gasteiger partial charge in [0.1, 0.15) is 5.37 Å². The standard InChI is InChI=1S/C6H6N2OS2/c9-4-6(7-11-6)5-8(4)2-1-3-10-5/h1-2,5,7H,3H2/t5-,6?/m0/s1. The molecule has 3 aliphatic heterocycles. The van der Waals surface area contributed by atoms with Crippen molar-refractivity contribution in [2.45, 2.75) is 10.2 Å². The molecule has 58 valence electrons. The van der Waals surface area contributed by atoms with Crippen LogP contribution in [0.2, 0.25) is 0 Å². The van der Waals surface area contributed by atoms with Crippen molar-refractivity contribution in [3.63, 3.8) is 0 Å². The van der Waals surface area contributed by atoms with E-state index < -0.39 is 0 Å². The Morgan fingerprint density at radius 2 is 2.64 bits per heavy atom. The topological polar surface area (TPSA) is 42.2 Å². The molecular weight excluding hydrogens is 180 g/mol. The lowest BCUT2D eigenvalue weighted by atomic mass is 10.1. The predicted molar refractivity (Wildman–Crippen MR) is 45.7 cm³/mol. The van der Waals surface area contributed by atoms with Crippen LogP contribution in [0.25, 0.3) is 0 Å². The van der Waals surface area contributed by atoms with Crippen molar-refractivity contribution in [3.8, 4) is 0 Å². The third kappa shape index (κ3) is 0.602. The van der Waals surface area contributed by atoms with Gasteiger partial charge in [-0.25, -0.2) is 4.72 Å². The molecule has 0 aromatic heterocycles. The molecular formula is C6H6N2OS2. The molecule has 1 amide bonds. The van der Waals surface area contributed by atoms with E-state index in [1.54, 1.807) is 16.8 Å². The minimum Gasteiger partial charge on any atom is -0.301 e. The van der Waals surface area contributed by atoms with E-state index in [9.17, 15) is 4.79 Å². The molecule has 3 aliphatic rings. The SMILES string of the molecule is O=C1N2C=CCS[C@H]2C12NS2. The molecule has 0 bridgehead atoms. The fourth-order valence-electron chi connectivity index (χ4n) is 1.42. The highest BCUT2D eigenvalue weighted by atomic mass is 32.2. The first kappa shape index (κ1) is 6.39. The molecule has 5 heteroatoms. The van der Waals surface area contributed by atoms with E-state index >= 15 is 0 Å². The lowest BCUT2D eigenvalue weighted by Gasteiger charge is -2.44. The Morgan fingerprint density at radius 3 is 3.36 bits per heavy atom. The van der Waals surface area contributed by atoms with Crippen molar-refractivity contribution >= 4 is 29.6 Å². The van der Waals surface area contributed by atoms with Gasteiger partial charge in [0.2, 0.25) is 0 Å². The van der Waals surface area contributed by atoms with E-state index in [0.717, 1.165) is 5.75 Å². The second-order valence-electron chi connectivity index (χ2n) is 2.72. The molecule has 3 nitrogen and oxygen atoms in total. The van der Waals surface area contributed by atoms with Crippen LogP contribution >= 0.6 is 23.7 Å². The summed E-state index contributed by atoms with van der Waals surface area (Å²) in [7, 11) is 0. The Bertz CT molecular complexity index is 261. The molecule has 0 aromatic rings. The first-order valence-electron chi connectivity index (χ1n) is 3.41. The van der Waals surface area contributed by atoms with Gasteiger partial charge in [-0.15, -0.1) is 11.8 Å². The van der Waals surface area contributed by atoms with Gasteiger partial charge in [-0.2, -0.15) is 0 Å². The van der Waals surface area contributed by atoms with Crippen LogP contribution in [-0.4, -0.2) is 26.8 Å². The largest absolute Gasteiger partial charge is 0.301 e. The summed E-state index contributed by atoms with van der Waals surface area (Å²) in [6.07, 6.45) is 3.92. The van der Waals surface area contributed by atoms with E-state index in [1.807, 2.05) is 24.0 Å². The number of thioether (sulfide) groups is 1. The van der Waals surface area contributed by atoms with Gasteiger partial charge >= 0.3 is 0 Å². The van der Waals surface area contributed by atoms with E-state index in [1.165, 1.54) is 0 Å². The number of carbonyl (C=O) groups excluding carboxylic acids is 1. The minimum absolute atomic E-state index is 0.213. The predicted octanol–water partition coefficient (Wildman–Crippen LogP) is 0.363. The van der Waals surface area contributed by atoms with Crippen molar-refractivity contribution in [1.82, 2.24) is 9.62 Å². The van der Waals surface area contributed by atoms with Crippen molar-refractivity contribution < 1.29 is 4.79 Å². The highest BCUT2D eigenvalue weighted by Crippen LogP contribution is 2.56. The maximum absolute atomic E-state index is 11.4. The highest BCUT2D eigenvalue weighted by molar-refractivity contribution is 8.09. The molecule has 0 aromatic carbocycles. The maximum atomic E-state index is 11.4. The monoisotopic (exact) mass is 186 g/mol. The van der Waals surface area contributed by atoms with Gasteiger partial charge in [0.15, 0.2) is 4.87 Å². The number of hydrogen-bond acceptors (Lipinski definition) is 4. The second kappa shape index (κ2) is 1.78. The lowest BCUT2D eigenvalue weighted by molar-refractivity contribution is -0.141. The van der Waals surface area contributed by atoms with Gasteiger partial charge in [-0.1, -0.05) is 6.08 Å². The molecule has 2 atom stereocenters. The Balaban J connectivity index is 1.96. The number of amides is 1. The van der Waals surface area contributed by atoms with Crippen molar-refractivity contribution in [2.24, 2.45) is 0 Å². The number of nitrogens with one attached hydrogen (secondary N) is 1. The van der Waals surface area contributed by atoms with Crippen LogP contribution in [0.4, 0.5) is 0 Å². The van der Waals surface area contributed by atoms with Crippen LogP contribution < -0.4 is 4.72 Å². The third-order valence-electron chi connectivity index (χ3n) is 2.09. The molecule has 0 aliphatic carbocycles. The van der Waals surface area contributed by atoms with Crippen LogP contribution in [0.1, 0.15) is 0 Å². The van der Waals surface area contributed by atoms with Crippen LogP contribution in [0.15, 0.2) is 12.3 Å². The van der Waals surface area contributed by atoms with Gasteiger partial charge < -0.3 is 4.90 Å². The zero-order valence-electron chi connectivity index (χ0n) is 5.61. The molecule has 3 heterocycles. The number of carbonyl (C=O) groups is 1. The quantitative estimate of drug-likeness (QED) is 0.337. The molecule has 1 unspecified atom stereocenters. The van der Waals surface area contributed by atoms with Crippen LogP contribution in [0, 0.1) is 0 Å². The summed E-state index contributed by atoms with van der Waals surface area (Å²) < 4.78 is 3.07. The molecule has 0 radical (unpaired) electrons. The lowest BCUT2D eigenvalue weighted by Crippen LogP contribution is -2.65. The first-order chi connectivity index (χ1) is 5.34. The Labute approximate surface area is 72.7 Å². The van der Waals surface area contributed by atoms with E-state index in [2.05, 4.69) is 4.72 Å². The third-order valence-corrected chi connectivity index (χ3v) is 4.56. The number of nitrogens with zero attached hydrogens (tertiary/aromatic N) is 1. The Hall–Kier alpha value is -0.130. The summed E-state index contributed by atoms with van der Waals surface area (Å²) in [5.74, 6) is 1.24. The Morgan fingerprint density at radius 1 is 1.82 bits per heavy atom. The molecule has 3 rings (SSSR count). The maximum Gasteiger partial charge on any atom is 0.263 e. The van der Waals surface area contributed by atoms with Crippen molar-refractivity contribution in [3.05, 3.63) is 12.3 Å². The normalized spacial score (nSPS) is 45.6.